The van der Waals surface area contributed by atoms with Gasteiger partial charge in [-0.3, -0.25) is 4.79 Å². The SMILES string of the molecule is NCCCCn1cccc(OCc2cccc(F)c2)c1=O. The summed E-state index contributed by atoms with van der Waals surface area (Å²) in [6, 6.07) is 9.53. The minimum absolute atomic E-state index is 0.166. The zero-order chi connectivity index (χ0) is 15.1. The first-order valence-electron chi connectivity index (χ1n) is 6.97. The van der Waals surface area contributed by atoms with Crippen molar-refractivity contribution in [3.05, 3.63) is 64.3 Å². The van der Waals surface area contributed by atoms with Crippen LogP contribution < -0.4 is 16.0 Å². The number of aryl methyl sites for hydroxylation is 1. The second kappa shape index (κ2) is 7.59. The normalized spacial score (nSPS) is 10.6. The summed E-state index contributed by atoms with van der Waals surface area (Å²) in [7, 11) is 0. The van der Waals surface area contributed by atoms with Gasteiger partial charge in [0.05, 0.1) is 0 Å². The molecule has 0 aliphatic carbocycles. The Hall–Kier alpha value is -2.14. The van der Waals surface area contributed by atoms with Gasteiger partial charge in [0.2, 0.25) is 0 Å². The number of unbranched alkanes of at least 4 members (excludes halogenated alkanes) is 1. The summed E-state index contributed by atoms with van der Waals surface area (Å²) in [6.07, 6.45) is 3.46. The van der Waals surface area contributed by atoms with Crippen molar-refractivity contribution in [3.8, 4) is 5.75 Å². The van der Waals surface area contributed by atoms with Crippen molar-refractivity contribution in [1.82, 2.24) is 4.57 Å². The zero-order valence-corrected chi connectivity index (χ0v) is 11.8. The van der Waals surface area contributed by atoms with Gasteiger partial charge in [-0.05, 0) is 49.2 Å². The van der Waals surface area contributed by atoms with Crippen molar-refractivity contribution in [1.29, 1.82) is 0 Å². The van der Waals surface area contributed by atoms with Crippen LogP contribution in [-0.2, 0) is 13.2 Å². The molecule has 0 saturated heterocycles. The minimum Gasteiger partial charge on any atom is -0.483 e. The Bertz CT molecular complexity index is 640. The Kier molecular flexibility index (Phi) is 5.51. The Morgan fingerprint density at radius 1 is 1.19 bits per heavy atom. The second-order valence-electron chi connectivity index (χ2n) is 4.79. The van der Waals surface area contributed by atoms with Crippen molar-refractivity contribution in [2.75, 3.05) is 6.54 Å². The second-order valence-corrected chi connectivity index (χ2v) is 4.79. The van der Waals surface area contributed by atoms with Crippen LogP contribution in [0.15, 0.2) is 47.4 Å². The molecule has 0 atom stereocenters. The average Bonchev–Trinajstić information content (AvgIpc) is 2.48. The molecule has 2 rings (SSSR count). The van der Waals surface area contributed by atoms with Gasteiger partial charge < -0.3 is 15.0 Å². The van der Waals surface area contributed by atoms with E-state index < -0.39 is 0 Å². The first-order chi connectivity index (χ1) is 10.2. The highest BCUT2D eigenvalue weighted by atomic mass is 19.1. The summed E-state index contributed by atoms with van der Waals surface area (Å²) in [6.45, 7) is 1.40. The Labute approximate surface area is 123 Å². The molecule has 2 N–H and O–H groups in total. The Morgan fingerprint density at radius 3 is 2.81 bits per heavy atom. The van der Waals surface area contributed by atoms with Crippen LogP contribution in [0.4, 0.5) is 4.39 Å². The molecule has 0 aliphatic rings. The van der Waals surface area contributed by atoms with Gasteiger partial charge in [-0.15, -0.1) is 0 Å². The van der Waals surface area contributed by atoms with Crippen molar-refractivity contribution >= 4 is 0 Å². The molecule has 2 aromatic rings. The van der Waals surface area contributed by atoms with Crippen LogP contribution in [0.5, 0.6) is 5.75 Å². The summed E-state index contributed by atoms with van der Waals surface area (Å²) >= 11 is 0. The van der Waals surface area contributed by atoms with Crippen molar-refractivity contribution in [2.45, 2.75) is 26.0 Å². The molecule has 0 bridgehead atoms. The maximum absolute atomic E-state index is 13.1. The van der Waals surface area contributed by atoms with Crippen LogP contribution in [0.2, 0.25) is 0 Å². The number of hydrogen-bond donors (Lipinski definition) is 1. The molecule has 21 heavy (non-hydrogen) atoms. The number of halogens is 1. The fourth-order valence-corrected chi connectivity index (χ4v) is 2.02. The first-order valence-corrected chi connectivity index (χ1v) is 6.97. The minimum atomic E-state index is -0.316. The lowest BCUT2D eigenvalue weighted by molar-refractivity contribution is 0.298. The predicted octanol–water partition coefficient (Wildman–Crippen LogP) is 2.31. The molecule has 0 aliphatic heterocycles. The van der Waals surface area contributed by atoms with Gasteiger partial charge in [-0.25, -0.2) is 4.39 Å². The lowest BCUT2D eigenvalue weighted by Gasteiger charge is -2.09. The lowest BCUT2D eigenvalue weighted by Crippen LogP contribution is -2.21. The topological polar surface area (TPSA) is 57.2 Å². The average molecular weight is 290 g/mol. The molecule has 5 heteroatoms. The maximum Gasteiger partial charge on any atom is 0.292 e. The van der Waals surface area contributed by atoms with E-state index in [1.165, 1.54) is 12.1 Å². The highest BCUT2D eigenvalue weighted by Crippen LogP contribution is 2.09. The van der Waals surface area contributed by atoms with Gasteiger partial charge in [-0.2, -0.15) is 0 Å². The van der Waals surface area contributed by atoms with E-state index in [0.717, 1.165) is 12.8 Å². The van der Waals surface area contributed by atoms with Crippen LogP contribution in [0.25, 0.3) is 0 Å². The van der Waals surface area contributed by atoms with E-state index >= 15 is 0 Å². The van der Waals surface area contributed by atoms with E-state index in [1.54, 1.807) is 35.0 Å². The van der Waals surface area contributed by atoms with E-state index in [4.69, 9.17) is 10.5 Å². The third-order valence-electron chi connectivity index (χ3n) is 3.12. The molecule has 0 amide bonds. The number of hydrogen-bond acceptors (Lipinski definition) is 3. The summed E-state index contributed by atoms with van der Waals surface area (Å²) in [5, 5.41) is 0. The number of ether oxygens (including phenoxy) is 1. The molecule has 1 aromatic carbocycles. The number of nitrogens with zero attached hydrogens (tertiary/aromatic N) is 1. The molecular weight excluding hydrogens is 271 g/mol. The fourth-order valence-electron chi connectivity index (χ4n) is 2.02. The highest BCUT2D eigenvalue weighted by Gasteiger charge is 2.05. The van der Waals surface area contributed by atoms with Gasteiger partial charge >= 0.3 is 0 Å². The van der Waals surface area contributed by atoms with Gasteiger partial charge in [0.15, 0.2) is 5.75 Å². The third kappa shape index (κ3) is 4.43. The first kappa shape index (κ1) is 15.3. The van der Waals surface area contributed by atoms with Crippen LogP contribution in [0.1, 0.15) is 18.4 Å². The quantitative estimate of drug-likeness (QED) is 0.796. The predicted molar refractivity (Wildman–Crippen MR) is 79.7 cm³/mol. The smallest absolute Gasteiger partial charge is 0.292 e. The molecule has 0 fully saturated rings. The Morgan fingerprint density at radius 2 is 2.05 bits per heavy atom. The molecule has 1 aromatic heterocycles. The van der Waals surface area contributed by atoms with Crippen molar-refractivity contribution in [2.24, 2.45) is 5.73 Å². The van der Waals surface area contributed by atoms with E-state index in [9.17, 15) is 9.18 Å². The third-order valence-corrected chi connectivity index (χ3v) is 3.12. The van der Waals surface area contributed by atoms with Gasteiger partial charge in [-0.1, -0.05) is 12.1 Å². The molecule has 0 unspecified atom stereocenters. The van der Waals surface area contributed by atoms with E-state index in [-0.39, 0.29) is 23.7 Å². The zero-order valence-electron chi connectivity index (χ0n) is 11.8. The standard InChI is InChI=1S/C16H19FN2O2/c17-14-6-3-5-13(11-14)12-21-15-7-4-10-19(16(15)20)9-2-1-8-18/h3-7,10-11H,1-2,8-9,12,18H2. The van der Waals surface area contributed by atoms with E-state index in [2.05, 4.69) is 0 Å². The summed E-state index contributed by atoms with van der Waals surface area (Å²) in [5.74, 6) is -0.0436. The summed E-state index contributed by atoms with van der Waals surface area (Å²) in [4.78, 5) is 12.2. The van der Waals surface area contributed by atoms with Crippen LogP contribution >= 0.6 is 0 Å². The number of pyridine rings is 1. The van der Waals surface area contributed by atoms with Crippen LogP contribution in [0, 0.1) is 5.82 Å². The van der Waals surface area contributed by atoms with Gasteiger partial charge in [0.1, 0.15) is 12.4 Å². The summed E-state index contributed by atoms with van der Waals surface area (Å²) in [5.41, 5.74) is 5.96. The van der Waals surface area contributed by atoms with Crippen LogP contribution in [0.3, 0.4) is 0 Å². The maximum atomic E-state index is 13.1. The molecule has 0 spiro atoms. The fraction of sp³-hybridized carbons (Fsp3) is 0.312. The molecule has 0 saturated carbocycles. The molecule has 0 radical (unpaired) electrons. The molecule has 4 nitrogen and oxygen atoms in total. The van der Waals surface area contributed by atoms with Crippen molar-refractivity contribution < 1.29 is 9.13 Å². The van der Waals surface area contributed by atoms with E-state index in [0.29, 0.717) is 18.7 Å². The number of benzene rings is 1. The van der Waals surface area contributed by atoms with Crippen LogP contribution in [-0.4, -0.2) is 11.1 Å². The Balaban J connectivity index is 2.03. The summed E-state index contributed by atoms with van der Waals surface area (Å²) < 4.78 is 20.2. The lowest BCUT2D eigenvalue weighted by atomic mass is 10.2. The molecular formula is C16H19FN2O2. The van der Waals surface area contributed by atoms with Gasteiger partial charge in [0.25, 0.3) is 5.56 Å². The number of nitrogens with two attached hydrogens (primary N) is 1. The largest absolute Gasteiger partial charge is 0.483 e. The van der Waals surface area contributed by atoms with E-state index in [1.807, 2.05) is 0 Å². The number of aromatic nitrogens is 1. The van der Waals surface area contributed by atoms with Crippen molar-refractivity contribution in [3.63, 3.8) is 0 Å². The van der Waals surface area contributed by atoms with Gasteiger partial charge in [0, 0.05) is 12.7 Å². The highest BCUT2D eigenvalue weighted by molar-refractivity contribution is 5.20. The molecule has 112 valence electrons. The monoisotopic (exact) mass is 290 g/mol. The molecule has 1 heterocycles. The number of rotatable bonds is 7.